The van der Waals surface area contributed by atoms with Crippen molar-refractivity contribution in [1.29, 1.82) is 0 Å². The maximum atomic E-state index is 4.45. The summed E-state index contributed by atoms with van der Waals surface area (Å²) in [6, 6.07) is 0.520. The lowest BCUT2D eigenvalue weighted by Crippen LogP contribution is -2.52. The molecule has 0 saturated carbocycles. The molecule has 0 amide bonds. The second-order valence-corrected chi connectivity index (χ2v) is 5.25. The molecule has 0 aromatic carbocycles. The molecule has 2 heterocycles. The molecule has 1 aliphatic rings. The summed E-state index contributed by atoms with van der Waals surface area (Å²) in [5.74, 6) is 1.57. The molecule has 1 atom stereocenters. The molecule has 6 heteroatoms. The SMILES string of the molecule is CNc1ncc(C)c(NCC2CN(C)CCN2C)n1. The standard InChI is InChI=1S/C13H24N6/c1-10-7-16-13(14-2)17-12(10)15-8-11-9-18(3)5-6-19(11)4/h7,11H,5-6,8-9H2,1-4H3,(H2,14,15,16,17). The smallest absolute Gasteiger partial charge is 0.224 e. The van der Waals surface area contributed by atoms with Crippen LogP contribution in [0, 0.1) is 6.92 Å². The van der Waals surface area contributed by atoms with Crippen LogP contribution in [0.2, 0.25) is 0 Å². The number of nitrogens with zero attached hydrogens (tertiary/aromatic N) is 4. The van der Waals surface area contributed by atoms with E-state index in [0.717, 1.165) is 37.6 Å². The van der Waals surface area contributed by atoms with Crippen molar-refractivity contribution < 1.29 is 0 Å². The molecule has 1 fully saturated rings. The predicted molar refractivity (Wildman–Crippen MR) is 78.7 cm³/mol. The third-order valence-electron chi connectivity index (χ3n) is 3.68. The van der Waals surface area contributed by atoms with Gasteiger partial charge in [-0.25, -0.2) is 4.98 Å². The first-order valence-corrected chi connectivity index (χ1v) is 6.74. The van der Waals surface area contributed by atoms with Crippen LogP contribution in [-0.2, 0) is 0 Å². The lowest BCUT2D eigenvalue weighted by Gasteiger charge is -2.37. The van der Waals surface area contributed by atoms with Crippen LogP contribution in [0.4, 0.5) is 11.8 Å². The number of hydrogen-bond donors (Lipinski definition) is 2. The van der Waals surface area contributed by atoms with Gasteiger partial charge in [0.25, 0.3) is 0 Å². The molecule has 6 nitrogen and oxygen atoms in total. The number of likely N-dealkylation sites (N-methyl/N-ethyl adjacent to an activating group) is 2. The van der Waals surface area contributed by atoms with E-state index >= 15 is 0 Å². The number of piperazine rings is 1. The highest BCUT2D eigenvalue weighted by Gasteiger charge is 2.22. The van der Waals surface area contributed by atoms with E-state index in [4.69, 9.17) is 0 Å². The van der Waals surface area contributed by atoms with Crippen LogP contribution in [0.15, 0.2) is 6.20 Å². The molecule has 2 rings (SSSR count). The maximum Gasteiger partial charge on any atom is 0.224 e. The number of anilines is 2. The quantitative estimate of drug-likeness (QED) is 0.825. The van der Waals surface area contributed by atoms with Crippen molar-refractivity contribution in [2.24, 2.45) is 0 Å². The van der Waals surface area contributed by atoms with Gasteiger partial charge in [-0.1, -0.05) is 0 Å². The second-order valence-electron chi connectivity index (χ2n) is 5.25. The van der Waals surface area contributed by atoms with Gasteiger partial charge in [0.05, 0.1) is 0 Å². The van der Waals surface area contributed by atoms with Gasteiger partial charge in [0.1, 0.15) is 5.82 Å². The zero-order valence-electron chi connectivity index (χ0n) is 12.3. The van der Waals surface area contributed by atoms with Gasteiger partial charge in [-0.05, 0) is 21.0 Å². The van der Waals surface area contributed by atoms with Crippen LogP contribution in [0.3, 0.4) is 0 Å². The van der Waals surface area contributed by atoms with Gasteiger partial charge in [0.2, 0.25) is 5.95 Å². The zero-order chi connectivity index (χ0) is 13.8. The summed E-state index contributed by atoms with van der Waals surface area (Å²) >= 11 is 0. The van der Waals surface area contributed by atoms with Crippen molar-refractivity contribution in [3.63, 3.8) is 0 Å². The Hall–Kier alpha value is -1.40. The van der Waals surface area contributed by atoms with E-state index in [-0.39, 0.29) is 0 Å². The molecule has 0 spiro atoms. The van der Waals surface area contributed by atoms with Gasteiger partial charge in [-0.15, -0.1) is 0 Å². The van der Waals surface area contributed by atoms with Crippen molar-refractivity contribution in [2.75, 3.05) is 58.0 Å². The Labute approximate surface area is 115 Å². The highest BCUT2D eigenvalue weighted by molar-refractivity contribution is 5.46. The summed E-state index contributed by atoms with van der Waals surface area (Å²) in [6.45, 7) is 6.28. The molecule has 1 saturated heterocycles. The van der Waals surface area contributed by atoms with Gasteiger partial charge in [0.15, 0.2) is 0 Å². The van der Waals surface area contributed by atoms with E-state index in [1.807, 2.05) is 20.2 Å². The fourth-order valence-corrected chi connectivity index (χ4v) is 2.28. The van der Waals surface area contributed by atoms with Crippen LogP contribution in [0.1, 0.15) is 5.56 Å². The van der Waals surface area contributed by atoms with Crippen molar-refractivity contribution in [3.8, 4) is 0 Å². The Morgan fingerprint density at radius 1 is 1.37 bits per heavy atom. The van der Waals surface area contributed by atoms with E-state index in [9.17, 15) is 0 Å². The van der Waals surface area contributed by atoms with Gasteiger partial charge in [-0.2, -0.15) is 4.98 Å². The fraction of sp³-hybridized carbons (Fsp3) is 0.692. The minimum absolute atomic E-state index is 0.520. The largest absolute Gasteiger partial charge is 0.368 e. The molecule has 19 heavy (non-hydrogen) atoms. The molecule has 1 unspecified atom stereocenters. The lowest BCUT2D eigenvalue weighted by molar-refractivity contribution is 0.122. The topological polar surface area (TPSA) is 56.3 Å². The van der Waals surface area contributed by atoms with Crippen LogP contribution < -0.4 is 10.6 Å². The monoisotopic (exact) mass is 264 g/mol. The average Bonchev–Trinajstić information content (AvgIpc) is 2.41. The fourth-order valence-electron chi connectivity index (χ4n) is 2.28. The number of aromatic nitrogens is 2. The van der Waals surface area contributed by atoms with Gasteiger partial charge >= 0.3 is 0 Å². The molecule has 0 aliphatic carbocycles. The minimum atomic E-state index is 0.520. The number of rotatable bonds is 4. The number of nitrogens with one attached hydrogen (secondary N) is 2. The van der Waals surface area contributed by atoms with Gasteiger partial charge < -0.3 is 15.5 Å². The van der Waals surface area contributed by atoms with Crippen molar-refractivity contribution in [2.45, 2.75) is 13.0 Å². The zero-order valence-corrected chi connectivity index (χ0v) is 12.3. The van der Waals surface area contributed by atoms with Crippen molar-refractivity contribution in [1.82, 2.24) is 19.8 Å². The highest BCUT2D eigenvalue weighted by atomic mass is 15.3. The Balaban J connectivity index is 1.97. The molecule has 1 aliphatic heterocycles. The molecule has 0 radical (unpaired) electrons. The predicted octanol–water partition coefficient (Wildman–Crippen LogP) is 0.484. The summed E-state index contributed by atoms with van der Waals surface area (Å²) in [4.78, 5) is 13.4. The molecule has 0 bridgehead atoms. The summed E-state index contributed by atoms with van der Waals surface area (Å²) < 4.78 is 0. The van der Waals surface area contributed by atoms with Crippen LogP contribution >= 0.6 is 0 Å². The van der Waals surface area contributed by atoms with Crippen molar-refractivity contribution in [3.05, 3.63) is 11.8 Å². The molecule has 106 valence electrons. The Bertz CT molecular complexity index is 422. The lowest BCUT2D eigenvalue weighted by atomic mass is 10.2. The average molecular weight is 264 g/mol. The first-order valence-electron chi connectivity index (χ1n) is 6.74. The van der Waals surface area contributed by atoms with Crippen molar-refractivity contribution >= 4 is 11.8 Å². The van der Waals surface area contributed by atoms with E-state index in [1.54, 1.807) is 0 Å². The minimum Gasteiger partial charge on any atom is -0.368 e. The molecule has 2 N–H and O–H groups in total. The molecule has 1 aromatic rings. The summed E-state index contributed by atoms with van der Waals surface area (Å²) in [5.41, 5.74) is 1.07. The Morgan fingerprint density at radius 2 is 2.16 bits per heavy atom. The van der Waals surface area contributed by atoms with E-state index in [0.29, 0.717) is 12.0 Å². The summed E-state index contributed by atoms with van der Waals surface area (Å²) in [5, 5.41) is 6.42. The highest BCUT2D eigenvalue weighted by Crippen LogP contribution is 2.13. The van der Waals surface area contributed by atoms with E-state index in [1.165, 1.54) is 0 Å². The van der Waals surface area contributed by atoms with E-state index in [2.05, 4.69) is 44.5 Å². The first kappa shape index (κ1) is 14.0. The van der Waals surface area contributed by atoms with Crippen LogP contribution in [-0.4, -0.2) is 73.1 Å². The molecular formula is C13H24N6. The second kappa shape index (κ2) is 6.16. The van der Waals surface area contributed by atoms with Gasteiger partial charge in [-0.3, -0.25) is 4.90 Å². The third-order valence-corrected chi connectivity index (χ3v) is 3.68. The van der Waals surface area contributed by atoms with Gasteiger partial charge in [0, 0.05) is 51.0 Å². The maximum absolute atomic E-state index is 4.45. The molecular weight excluding hydrogens is 240 g/mol. The number of hydrogen-bond acceptors (Lipinski definition) is 6. The Kier molecular flexibility index (Phi) is 4.55. The number of aryl methyl sites for hydroxylation is 1. The normalized spacial score (nSPS) is 21.4. The summed E-state index contributed by atoms with van der Waals surface area (Å²) in [7, 11) is 6.19. The van der Waals surface area contributed by atoms with Crippen LogP contribution in [0.5, 0.6) is 0 Å². The third kappa shape index (κ3) is 3.54. The van der Waals surface area contributed by atoms with E-state index < -0.39 is 0 Å². The summed E-state index contributed by atoms with van der Waals surface area (Å²) in [6.07, 6.45) is 1.85. The Morgan fingerprint density at radius 3 is 2.89 bits per heavy atom. The molecule has 1 aromatic heterocycles. The van der Waals surface area contributed by atoms with Crippen LogP contribution in [0.25, 0.3) is 0 Å². The first-order chi connectivity index (χ1) is 9.10.